The summed E-state index contributed by atoms with van der Waals surface area (Å²) >= 11 is 0. The Morgan fingerprint density at radius 3 is 2.26 bits per heavy atom. The standard InChI is InChI=1S/C14H23F3N2O4/c1-13(2,3)23-12(22)19-6-9(7-19)5-11(21)18(4)8-10(20)14(15,16)17/h9-10,20H,5-8H2,1-4H3. The Labute approximate surface area is 133 Å². The largest absolute Gasteiger partial charge is 0.444 e. The van der Waals surface area contributed by atoms with Crippen molar-refractivity contribution in [2.24, 2.45) is 5.92 Å². The number of nitrogens with zero attached hydrogens (tertiary/aromatic N) is 2. The lowest BCUT2D eigenvalue weighted by Gasteiger charge is -2.40. The number of hydrogen-bond acceptors (Lipinski definition) is 4. The number of amides is 2. The smallest absolute Gasteiger partial charge is 0.416 e. The van der Waals surface area contributed by atoms with E-state index in [1.54, 1.807) is 20.8 Å². The predicted molar refractivity (Wildman–Crippen MR) is 75.6 cm³/mol. The van der Waals surface area contributed by atoms with Gasteiger partial charge < -0.3 is 19.6 Å². The topological polar surface area (TPSA) is 70.1 Å². The quantitative estimate of drug-likeness (QED) is 0.844. The summed E-state index contributed by atoms with van der Waals surface area (Å²) in [7, 11) is 1.21. The van der Waals surface area contributed by atoms with Crippen molar-refractivity contribution in [2.45, 2.75) is 45.1 Å². The van der Waals surface area contributed by atoms with Crippen LogP contribution in [-0.2, 0) is 9.53 Å². The second kappa shape index (κ2) is 6.94. The molecule has 1 unspecified atom stereocenters. The highest BCUT2D eigenvalue weighted by Gasteiger charge is 2.40. The van der Waals surface area contributed by atoms with Crippen molar-refractivity contribution < 1.29 is 32.6 Å². The molecule has 0 aromatic carbocycles. The average Bonchev–Trinajstić information content (AvgIpc) is 2.28. The zero-order valence-electron chi connectivity index (χ0n) is 13.7. The first kappa shape index (κ1) is 19.5. The number of ether oxygens (including phenoxy) is 1. The van der Waals surface area contributed by atoms with Gasteiger partial charge in [-0.15, -0.1) is 0 Å². The van der Waals surface area contributed by atoms with Gasteiger partial charge in [-0.25, -0.2) is 4.79 Å². The van der Waals surface area contributed by atoms with Crippen molar-refractivity contribution in [2.75, 3.05) is 26.7 Å². The summed E-state index contributed by atoms with van der Waals surface area (Å²) in [4.78, 5) is 25.8. The van der Waals surface area contributed by atoms with Gasteiger partial charge in [0.1, 0.15) is 5.60 Å². The minimum Gasteiger partial charge on any atom is -0.444 e. The fourth-order valence-corrected chi connectivity index (χ4v) is 2.04. The number of aliphatic hydroxyl groups excluding tert-OH is 1. The van der Waals surface area contributed by atoms with Crippen LogP contribution in [0.4, 0.5) is 18.0 Å². The van der Waals surface area contributed by atoms with Crippen molar-refractivity contribution in [1.29, 1.82) is 0 Å². The van der Waals surface area contributed by atoms with Gasteiger partial charge in [0, 0.05) is 32.5 Å². The molecule has 6 nitrogen and oxygen atoms in total. The van der Waals surface area contributed by atoms with Crippen molar-refractivity contribution in [3.05, 3.63) is 0 Å². The van der Waals surface area contributed by atoms with Crippen molar-refractivity contribution in [1.82, 2.24) is 9.80 Å². The first-order valence-corrected chi connectivity index (χ1v) is 7.26. The molecule has 9 heteroatoms. The Balaban J connectivity index is 2.34. The molecule has 1 N–H and O–H groups in total. The van der Waals surface area contributed by atoms with Crippen LogP contribution in [0.2, 0.25) is 0 Å². The number of likely N-dealkylation sites (tertiary alicyclic amines) is 1. The highest BCUT2D eigenvalue weighted by molar-refractivity contribution is 5.77. The maximum absolute atomic E-state index is 12.2. The number of aliphatic hydroxyl groups is 1. The number of halogens is 3. The second-order valence-corrected chi connectivity index (χ2v) is 6.79. The lowest BCUT2D eigenvalue weighted by atomic mass is 9.96. The molecule has 2 amide bonds. The van der Waals surface area contributed by atoms with Crippen LogP contribution in [0.5, 0.6) is 0 Å². The number of carbonyl (C=O) groups is 2. The summed E-state index contributed by atoms with van der Waals surface area (Å²) in [6, 6.07) is 0. The lowest BCUT2D eigenvalue weighted by molar-refractivity contribution is -0.207. The summed E-state index contributed by atoms with van der Waals surface area (Å²) in [6.45, 7) is 5.09. The van der Waals surface area contributed by atoms with Crippen molar-refractivity contribution in [3.63, 3.8) is 0 Å². The molecule has 134 valence electrons. The van der Waals surface area contributed by atoms with Gasteiger partial charge in [0.25, 0.3) is 0 Å². The van der Waals surface area contributed by atoms with Gasteiger partial charge in [-0.1, -0.05) is 0 Å². The predicted octanol–water partition coefficient (Wildman–Crippen LogP) is 1.62. The molecule has 1 rings (SSSR count). The zero-order chi connectivity index (χ0) is 18.0. The minimum absolute atomic E-state index is 0.0281. The third-order valence-corrected chi connectivity index (χ3v) is 3.32. The molecule has 1 heterocycles. The molecular formula is C14H23F3N2O4. The van der Waals surface area contributed by atoms with Crippen LogP contribution >= 0.6 is 0 Å². The summed E-state index contributed by atoms with van der Waals surface area (Å²) in [5.41, 5.74) is -0.605. The van der Waals surface area contributed by atoms with Crippen molar-refractivity contribution in [3.8, 4) is 0 Å². The van der Waals surface area contributed by atoms with E-state index in [1.165, 1.54) is 11.9 Å². The highest BCUT2D eigenvalue weighted by atomic mass is 19.4. The van der Waals surface area contributed by atoms with Crippen LogP contribution in [0.25, 0.3) is 0 Å². The maximum Gasteiger partial charge on any atom is 0.416 e. The summed E-state index contributed by atoms with van der Waals surface area (Å²) < 4.78 is 41.9. The minimum atomic E-state index is -4.75. The van der Waals surface area contributed by atoms with Gasteiger partial charge in [0.15, 0.2) is 6.10 Å². The number of hydrogen-bond donors (Lipinski definition) is 1. The van der Waals surface area contributed by atoms with Crippen LogP contribution in [0, 0.1) is 5.92 Å². The molecule has 0 bridgehead atoms. The summed E-state index contributed by atoms with van der Waals surface area (Å²) in [6.07, 6.45) is -7.75. The van der Waals surface area contributed by atoms with Crippen LogP contribution in [0.15, 0.2) is 0 Å². The van der Waals surface area contributed by atoms with Gasteiger partial charge in [-0.2, -0.15) is 13.2 Å². The summed E-state index contributed by atoms with van der Waals surface area (Å²) in [5, 5.41) is 8.94. The molecular weight excluding hydrogens is 317 g/mol. The maximum atomic E-state index is 12.2. The van der Waals surface area contributed by atoms with E-state index in [4.69, 9.17) is 9.84 Å². The van der Waals surface area contributed by atoms with E-state index in [9.17, 15) is 22.8 Å². The zero-order valence-corrected chi connectivity index (χ0v) is 13.7. The van der Waals surface area contributed by atoms with E-state index in [2.05, 4.69) is 0 Å². The molecule has 1 aliphatic heterocycles. The number of carbonyl (C=O) groups excluding carboxylic acids is 2. The normalized spacial score (nSPS) is 17.5. The Morgan fingerprint density at radius 1 is 1.30 bits per heavy atom. The van der Waals surface area contributed by atoms with Gasteiger partial charge >= 0.3 is 12.3 Å². The highest BCUT2D eigenvalue weighted by Crippen LogP contribution is 2.24. The third kappa shape index (κ3) is 6.25. The molecule has 23 heavy (non-hydrogen) atoms. The monoisotopic (exact) mass is 340 g/mol. The van der Waals surface area contributed by atoms with E-state index in [0.717, 1.165) is 4.90 Å². The van der Waals surface area contributed by atoms with E-state index in [-0.39, 0.29) is 12.3 Å². The Morgan fingerprint density at radius 2 is 1.83 bits per heavy atom. The second-order valence-electron chi connectivity index (χ2n) is 6.79. The molecule has 1 fully saturated rings. The molecule has 0 aromatic heterocycles. The fourth-order valence-electron chi connectivity index (χ4n) is 2.04. The third-order valence-electron chi connectivity index (χ3n) is 3.32. The number of alkyl halides is 3. The molecule has 1 atom stereocenters. The van der Waals surface area contributed by atoms with Crippen LogP contribution in [0.3, 0.4) is 0 Å². The van der Waals surface area contributed by atoms with E-state index >= 15 is 0 Å². The SMILES string of the molecule is CN(CC(O)C(F)(F)F)C(=O)CC1CN(C(=O)OC(C)(C)C)C1. The van der Waals surface area contributed by atoms with Gasteiger partial charge in [-0.05, 0) is 20.8 Å². The first-order chi connectivity index (χ1) is 10.3. The average molecular weight is 340 g/mol. The van der Waals surface area contributed by atoms with Crippen LogP contribution in [0.1, 0.15) is 27.2 Å². The Bertz CT molecular complexity index is 442. The van der Waals surface area contributed by atoms with Gasteiger partial charge in [0.2, 0.25) is 5.91 Å². The first-order valence-electron chi connectivity index (χ1n) is 7.26. The van der Waals surface area contributed by atoms with Gasteiger partial charge in [-0.3, -0.25) is 4.79 Å². The Hall–Kier alpha value is -1.51. The molecule has 0 radical (unpaired) electrons. The van der Waals surface area contributed by atoms with E-state index in [1.807, 2.05) is 0 Å². The van der Waals surface area contributed by atoms with Crippen LogP contribution < -0.4 is 0 Å². The fraction of sp³-hybridized carbons (Fsp3) is 0.857. The molecule has 0 spiro atoms. The van der Waals surface area contributed by atoms with Crippen molar-refractivity contribution >= 4 is 12.0 Å². The number of likely N-dealkylation sites (N-methyl/N-ethyl adjacent to an activating group) is 1. The van der Waals surface area contributed by atoms with E-state index in [0.29, 0.717) is 13.1 Å². The summed E-state index contributed by atoms with van der Waals surface area (Å²) in [5.74, 6) is -0.609. The Kier molecular flexibility index (Phi) is 5.89. The van der Waals surface area contributed by atoms with Gasteiger partial charge in [0.05, 0.1) is 6.54 Å². The lowest BCUT2D eigenvalue weighted by Crippen LogP contribution is -2.53. The molecule has 0 aromatic rings. The van der Waals surface area contributed by atoms with E-state index < -0.39 is 36.4 Å². The number of rotatable bonds is 4. The molecule has 1 aliphatic rings. The molecule has 0 saturated carbocycles. The molecule has 1 saturated heterocycles. The van der Waals surface area contributed by atoms with Crippen LogP contribution in [-0.4, -0.2) is 71.5 Å². The molecule has 0 aliphatic carbocycles.